The monoisotopic (exact) mass is 210 g/mol. The predicted octanol–water partition coefficient (Wildman–Crippen LogP) is 4.76. The van der Waals surface area contributed by atoms with E-state index in [0.717, 1.165) is 0 Å². The fraction of sp³-hybridized carbons (Fsp3) is 0.250. The molecule has 0 atom stereocenters. The van der Waals surface area contributed by atoms with E-state index >= 15 is 0 Å². The maximum Gasteiger partial charge on any atom is -0.0225 e. The molecular formula is C16H18. The number of allylic oxidation sites excluding steroid dienone is 6. The van der Waals surface area contributed by atoms with Gasteiger partial charge < -0.3 is 0 Å². The Balaban J connectivity index is 2.34. The Bertz CT molecular complexity index is 444. The highest BCUT2D eigenvalue weighted by Crippen LogP contribution is 2.25. The molecule has 0 fully saturated rings. The van der Waals surface area contributed by atoms with Crippen molar-refractivity contribution in [1.82, 2.24) is 0 Å². The van der Waals surface area contributed by atoms with Crippen LogP contribution in [-0.2, 0) is 0 Å². The van der Waals surface area contributed by atoms with Crippen molar-refractivity contribution in [1.29, 1.82) is 0 Å². The summed E-state index contributed by atoms with van der Waals surface area (Å²) in [5.74, 6) is 0. The molecule has 82 valence electrons. The highest BCUT2D eigenvalue weighted by atomic mass is 14.1. The van der Waals surface area contributed by atoms with Gasteiger partial charge in [-0.05, 0) is 49.0 Å². The van der Waals surface area contributed by atoms with Gasteiger partial charge in [0.05, 0.1) is 0 Å². The number of benzene rings is 1. The zero-order chi connectivity index (χ0) is 11.4. The maximum atomic E-state index is 2.34. The van der Waals surface area contributed by atoms with Crippen molar-refractivity contribution in [3.05, 3.63) is 65.3 Å². The first-order chi connectivity index (χ1) is 7.79. The van der Waals surface area contributed by atoms with E-state index in [1.165, 1.54) is 35.1 Å². The number of hydrogen-bond acceptors (Lipinski definition) is 0. The summed E-state index contributed by atoms with van der Waals surface area (Å²) in [6.45, 7) is 4.41. The molecule has 0 amide bonds. The molecule has 0 radical (unpaired) electrons. The molecule has 0 spiro atoms. The molecule has 0 unspecified atom stereocenters. The topological polar surface area (TPSA) is 0 Å². The second-order valence-electron chi connectivity index (χ2n) is 4.26. The molecule has 16 heavy (non-hydrogen) atoms. The van der Waals surface area contributed by atoms with Crippen LogP contribution >= 0.6 is 0 Å². The summed E-state index contributed by atoms with van der Waals surface area (Å²) in [5, 5.41) is 0. The zero-order valence-electron chi connectivity index (χ0n) is 10.0. The number of hydrogen-bond donors (Lipinski definition) is 0. The second kappa shape index (κ2) is 4.98. The van der Waals surface area contributed by atoms with Gasteiger partial charge in [0.1, 0.15) is 0 Å². The van der Waals surface area contributed by atoms with Crippen LogP contribution in [0.4, 0.5) is 0 Å². The Morgan fingerprint density at radius 1 is 0.938 bits per heavy atom. The second-order valence-corrected chi connectivity index (χ2v) is 4.26. The zero-order valence-corrected chi connectivity index (χ0v) is 10.0. The lowest BCUT2D eigenvalue weighted by Gasteiger charge is -2.12. The van der Waals surface area contributed by atoms with Gasteiger partial charge in [-0.3, -0.25) is 0 Å². The summed E-state index contributed by atoms with van der Waals surface area (Å²) in [7, 11) is 0. The molecule has 1 aromatic rings. The maximum absolute atomic E-state index is 2.34. The van der Waals surface area contributed by atoms with Gasteiger partial charge in [0.25, 0.3) is 0 Å². The Morgan fingerprint density at radius 3 is 2.31 bits per heavy atom. The Kier molecular flexibility index (Phi) is 3.40. The average Bonchev–Trinajstić information content (AvgIpc) is 2.39. The molecule has 0 N–H and O–H groups in total. The molecule has 0 heteroatoms. The van der Waals surface area contributed by atoms with E-state index in [1.54, 1.807) is 0 Å². The molecule has 0 saturated heterocycles. The van der Waals surface area contributed by atoms with Crippen LogP contribution < -0.4 is 0 Å². The van der Waals surface area contributed by atoms with Crippen molar-refractivity contribution >= 4 is 5.57 Å². The fourth-order valence-electron chi connectivity index (χ4n) is 2.01. The third-order valence-electron chi connectivity index (χ3n) is 3.20. The van der Waals surface area contributed by atoms with E-state index in [-0.39, 0.29) is 0 Å². The fourth-order valence-corrected chi connectivity index (χ4v) is 2.01. The lowest BCUT2D eigenvalue weighted by molar-refractivity contribution is 1.02. The molecule has 2 rings (SSSR count). The third-order valence-corrected chi connectivity index (χ3v) is 3.20. The van der Waals surface area contributed by atoms with Crippen LogP contribution in [0, 0.1) is 0 Å². The van der Waals surface area contributed by atoms with Crippen LogP contribution in [0.15, 0.2) is 59.7 Å². The molecule has 0 heterocycles. The summed E-state index contributed by atoms with van der Waals surface area (Å²) in [6, 6.07) is 10.6. The normalized spacial score (nSPS) is 16.8. The molecule has 0 aliphatic heterocycles. The summed E-state index contributed by atoms with van der Waals surface area (Å²) in [4.78, 5) is 0. The van der Waals surface area contributed by atoms with Crippen LogP contribution in [0.25, 0.3) is 5.57 Å². The van der Waals surface area contributed by atoms with E-state index in [1.807, 2.05) is 0 Å². The van der Waals surface area contributed by atoms with Gasteiger partial charge in [-0.15, -0.1) is 0 Å². The average molecular weight is 210 g/mol. The van der Waals surface area contributed by atoms with Crippen molar-refractivity contribution in [2.45, 2.75) is 26.7 Å². The SMILES string of the molecule is C/C(C1=CCCC=C1)=C(\C)c1ccccc1. The van der Waals surface area contributed by atoms with Crippen molar-refractivity contribution < 1.29 is 0 Å². The minimum Gasteiger partial charge on any atom is -0.0836 e. The van der Waals surface area contributed by atoms with Gasteiger partial charge in [0.15, 0.2) is 0 Å². The van der Waals surface area contributed by atoms with Crippen molar-refractivity contribution in [3.8, 4) is 0 Å². The summed E-state index contributed by atoms with van der Waals surface area (Å²) in [5.41, 5.74) is 5.47. The molecule has 0 bridgehead atoms. The van der Waals surface area contributed by atoms with Gasteiger partial charge >= 0.3 is 0 Å². The summed E-state index contributed by atoms with van der Waals surface area (Å²) >= 11 is 0. The minimum absolute atomic E-state index is 1.17. The van der Waals surface area contributed by atoms with E-state index in [9.17, 15) is 0 Å². The first-order valence-electron chi connectivity index (χ1n) is 5.89. The summed E-state index contributed by atoms with van der Waals surface area (Å²) in [6.07, 6.45) is 9.19. The van der Waals surface area contributed by atoms with Crippen LogP contribution in [0.1, 0.15) is 32.3 Å². The van der Waals surface area contributed by atoms with Gasteiger partial charge in [0.2, 0.25) is 0 Å². The van der Waals surface area contributed by atoms with Crippen molar-refractivity contribution in [3.63, 3.8) is 0 Å². The molecule has 0 saturated carbocycles. The van der Waals surface area contributed by atoms with E-state index in [2.05, 4.69) is 62.4 Å². The standard InChI is InChI=1S/C16H18/c1-13(15-9-5-3-6-10-15)14(2)16-11-7-4-8-12-16/h3,5-7,9-12H,4,8H2,1-2H3/b14-13-. The molecule has 1 aliphatic carbocycles. The van der Waals surface area contributed by atoms with Crippen molar-refractivity contribution in [2.75, 3.05) is 0 Å². The third kappa shape index (κ3) is 2.33. The Labute approximate surface area is 98.0 Å². The number of rotatable bonds is 2. The van der Waals surface area contributed by atoms with Gasteiger partial charge in [-0.25, -0.2) is 0 Å². The van der Waals surface area contributed by atoms with E-state index in [0.29, 0.717) is 0 Å². The van der Waals surface area contributed by atoms with Crippen LogP contribution in [0.2, 0.25) is 0 Å². The van der Waals surface area contributed by atoms with E-state index in [4.69, 9.17) is 0 Å². The minimum atomic E-state index is 1.17. The highest BCUT2D eigenvalue weighted by molar-refractivity contribution is 5.71. The highest BCUT2D eigenvalue weighted by Gasteiger charge is 2.04. The Hall–Kier alpha value is -1.56. The van der Waals surface area contributed by atoms with Crippen LogP contribution in [0.3, 0.4) is 0 Å². The first-order valence-corrected chi connectivity index (χ1v) is 5.89. The lowest BCUT2D eigenvalue weighted by atomic mass is 9.94. The molecule has 1 aromatic carbocycles. The molecular weight excluding hydrogens is 192 g/mol. The smallest absolute Gasteiger partial charge is 0.0225 e. The first kappa shape index (κ1) is 10.9. The van der Waals surface area contributed by atoms with E-state index < -0.39 is 0 Å². The van der Waals surface area contributed by atoms with Crippen LogP contribution in [-0.4, -0.2) is 0 Å². The van der Waals surface area contributed by atoms with Gasteiger partial charge in [0, 0.05) is 0 Å². The quantitative estimate of drug-likeness (QED) is 0.660. The lowest BCUT2D eigenvalue weighted by Crippen LogP contribution is -1.91. The molecule has 1 aliphatic rings. The largest absolute Gasteiger partial charge is 0.0836 e. The molecule has 0 aromatic heterocycles. The van der Waals surface area contributed by atoms with Crippen LogP contribution in [0.5, 0.6) is 0 Å². The van der Waals surface area contributed by atoms with Gasteiger partial charge in [-0.1, -0.05) is 48.6 Å². The molecule has 0 nitrogen and oxygen atoms in total. The van der Waals surface area contributed by atoms with Gasteiger partial charge in [-0.2, -0.15) is 0 Å². The Morgan fingerprint density at radius 2 is 1.69 bits per heavy atom. The summed E-state index contributed by atoms with van der Waals surface area (Å²) < 4.78 is 0. The predicted molar refractivity (Wildman–Crippen MR) is 71.2 cm³/mol. The van der Waals surface area contributed by atoms with Crippen molar-refractivity contribution in [2.24, 2.45) is 0 Å².